The maximum atomic E-state index is 6.05. The number of aryl methyl sites for hydroxylation is 1. The summed E-state index contributed by atoms with van der Waals surface area (Å²) < 4.78 is 6.05. The number of hydrogen-bond donors (Lipinski definition) is 1. The van der Waals surface area contributed by atoms with Gasteiger partial charge in [-0.25, -0.2) is 4.98 Å². The minimum absolute atomic E-state index is 0.0732. The van der Waals surface area contributed by atoms with Gasteiger partial charge < -0.3 is 10.1 Å². The summed E-state index contributed by atoms with van der Waals surface area (Å²) in [5.41, 5.74) is 1.08. The first-order valence-electron chi connectivity index (χ1n) is 6.47. The molecule has 1 fully saturated rings. The summed E-state index contributed by atoms with van der Waals surface area (Å²) in [5.74, 6) is 0. The molecule has 1 heterocycles. The van der Waals surface area contributed by atoms with Crippen molar-refractivity contribution in [2.45, 2.75) is 51.7 Å². The standard InChI is InChI=1S/C13H22N2OS/c1-4-16-13(7-5-6-8-13)12-15-10(2)11(17-12)9-14-3/h14H,4-9H2,1-3H3. The lowest BCUT2D eigenvalue weighted by atomic mass is 10.0. The Balaban J connectivity index is 2.27. The summed E-state index contributed by atoms with van der Waals surface area (Å²) in [5, 5.41) is 4.40. The highest BCUT2D eigenvalue weighted by Gasteiger charge is 2.39. The molecule has 0 radical (unpaired) electrons. The minimum Gasteiger partial charge on any atom is -0.368 e. The second-order valence-electron chi connectivity index (χ2n) is 4.69. The zero-order valence-electron chi connectivity index (χ0n) is 11.0. The average Bonchev–Trinajstić information content (AvgIpc) is 2.89. The van der Waals surface area contributed by atoms with Crippen LogP contribution in [-0.2, 0) is 16.9 Å². The smallest absolute Gasteiger partial charge is 0.125 e. The van der Waals surface area contributed by atoms with Gasteiger partial charge in [0, 0.05) is 18.0 Å². The van der Waals surface area contributed by atoms with Crippen LogP contribution in [0.4, 0.5) is 0 Å². The average molecular weight is 254 g/mol. The number of nitrogens with one attached hydrogen (secondary N) is 1. The number of thiazole rings is 1. The molecule has 1 aromatic rings. The molecule has 0 bridgehead atoms. The normalized spacial score (nSPS) is 18.8. The zero-order valence-corrected chi connectivity index (χ0v) is 11.8. The van der Waals surface area contributed by atoms with Gasteiger partial charge in [-0.15, -0.1) is 11.3 Å². The van der Waals surface area contributed by atoms with Crippen LogP contribution in [0.2, 0.25) is 0 Å². The third kappa shape index (κ3) is 2.54. The molecule has 2 rings (SSSR count). The Hall–Kier alpha value is -0.450. The third-order valence-electron chi connectivity index (χ3n) is 3.45. The first-order valence-corrected chi connectivity index (χ1v) is 7.29. The second-order valence-corrected chi connectivity index (χ2v) is 5.78. The molecule has 0 atom stereocenters. The predicted molar refractivity (Wildman–Crippen MR) is 71.4 cm³/mol. The van der Waals surface area contributed by atoms with E-state index in [2.05, 4.69) is 19.2 Å². The Kier molecular flexibility index (Phi) is 4.17. The highest BCUT2D eigenvalue weighted by Crippen LogP contribution is 2.44. The Labute approximate surface area is 108 Å². The predicted octanol–water partition coefficient (Wildman–Crippen LogP) is 2.98. The van der Waals surface area contributed by atoms with Crippen molar-refractivity contribution in [3.63, 3.8) is 0 Å². The zero-order chi connectivity index (χ0) is 12.3. The number of nitrogens with zero attached hydrogens (tertiary/aromatic N) is 1. The summed E-state index contributed by atoms with van der Waals surface area (Å²) in [6, 6.07) is 0. The van der Waals surface area contributed by atoms with Crippen LogP contribution in [0.1, 0.15) is 48.2 Å². The van der Waals surface area contributed by atoms with E-state index in [0.717, 1.165) is 31.7 Å². The fraction of sp³-hybridized carbons (Fsp3) is 0.769. The lowest BCUT2D eigenvalue weighted by molar-refractivity contribution is -0.0391. The molecule has 0 unspecified atom stereocenters. The number of ether oxygens (including phenoxy) is 1. The molecule has 0 amide bonds. The monoisotopic (exact) mass is 254 g/mol. The van der Waals surface area contributed by atoms with Gasteiger partial charge in [-0.1, -0.05) is 12.8 Å². The van der Waals surface area contributed by atoms with Crippen molar-refractivity contribution < 1.29 is 4.74 Å². The van der Waals surface area contributed by atoms with Gasteiger partial charge in [0.15, 0.2) is 0 Å². The van der Waals surface area contributed by atoms with E-state index in [0.29, 0.717) is 0 Å². The molecule has 0 aromatic carbocycles. The molecule has 0 aliphatic heterocycles. The van der Waals surface area contributed by atoms with Crippen LogP contribution in [0.3, 0.4) is 0 Å². The van der Waals surface area contributed by atoms with Crippen molar-refractivity contribution >= 4 is 11.3 Å². The third-order valence-corrected chi connectivity index (χ3v) is 4.79. The summed E-state index contributed by atoms with van der Waals surface area (Å²) in [7, 11) is 1.98. The van der Waals surface area contributed by atoms with E-state index < -0.39 is 0 Å². The van der Waals surface area contributed by atoms with Gasteiger partial charge in [0.05, 0.1) is 5.69 Å². The van der Waals surface area contributed by atoms with Gasteiger partial charge in [-0.2, -0.15) is 0 Å². The van der Waals surface area contributed by atoms with Crippen molar-refractivity contribution in [1.29, 1.82) is 0 Å². The summed E-state index contributed by atoms with van der Waals surface area (Å²) in [4.78, 5) is 6.10. The molecule has 1 saturated carbocycles. The van der Waals surface area contributed by atoms with E-state index in [1.807, 2.05) is 18.4 Å². The largest absolute Gasteiger partial charge is 0.368 e. The van der Waals surface area contributed by atoms with Gasteiger partial charge in [0.2, 0.25) is 0 Å². The Morgan fingerprint density at radius 3 is 2.71 bits per heavy atom. The highest BCUT2D eigenvalue weighted by molar-refractivity contribution is 7.11. The lowest BCUT2D eigenvalue weighted by Gasteiger charge is -2.26. The van der Waals surface area contributed by atoms with Gasteiger partial charge in [-0.3, -0.25) is 0 Å². The SMILES string of the molecule is CCOC1(c2nc(C)c(CNC)s2)CCCC1. The van der Waals surface area contributed by atoms with Crippen LogP contribution in [0, 0.1) is 6.92 Å². The summed E-state index contributed by atoms with van der Waals surface area (Å²) in [6.07, 6.45) is 4.79. The fourth-order valence-corrected chi connectivity index (χ4v) is 3.86. The molecule has 0 spiro atoms. The Morgan fingerprint density at radius 1 is 1.41 bits per heavy atom. The first kappa shape index (κ1) is 13.0. The number of aromatic nitrogens is 1. The molecule has 1 aliphatic rings. The van der Waals surface area contributed by atoms with Crippen LogP contribution >= 0.6 is 11.3 Å². The molecule has 96 valence electrons. The van der Waals surface area contributed by atoms with E-state index in [1.165, 1.54) is 22.7 Å². The fourth-order valence-electron chi connectivity index (χ4n) is 2.59. The van der Waals surface area contributed by atoms with Crippen molar-refractivity contribution in [2.24, 2.45) is 0 Å². The van der Waals surface area contributed by atoms with Gasteiger partial charge >= 0.3 is 0 Å². The molecular formula is C13H22N2OS. The van der Waals surface area contributed by atoms with Crippen molar-refractivity contribution in [3.8, 4) is 0 Å². The molecule has 17 heavy (non-hydrogen) atoms. The Morgan fingerprint density at radius 2 is 2.12 bits per heavy atom. The van der Waals surface area contributed by atoms with E-state index in [9.17, 15) is 0 Å². The van der Waals surface area contributed by atoms with Crippen LogP contribution in [-0.4, -0.2) is 18.6 Å². The quantitative estimate of drug-likeness (QED) is 0.877. The van der Waals surface area contributed by atoms with Crippen LogP contribution in [0.5, 0.6) is 0 Å². The maximum Gasteiger partial charge on any atom is 0.125 e. The molecule has 1 aliphatic carbocycles. The second kappa shape index (κ2) is 5.46. The molecular weight excluding hydrogens is 232 g/mol. The van der Waals surface area contributed by atoms with Gasteiger partial charge in [-0.05, 0) is 33.7 Å². The van der Waals surface area contributed by atoms with Crippen molar-refractivity contribution in [2.75, 3.05) is 13.7 Å². The molecule has 1 aromatic heterocycles. The van der Waals surface area contributed by atoms with E-state index in [4.69, 9.17) is 9.72 Å². The summed E-state index contributed by atoms with van der Waals surface area (Å²) in [6.45, 7) is 5.86. The van der Waals surface area contributed by atoms with Crippen molar-refractivity contribution in [3.05, 3.63) is 15.6 Å². The van der Waals surface area contributed by atoms with E-state index in [1.54, 1.807) is 0 Å². The Bertz CT molecular complexity index is 369. The van der Waals surface area contributed by atoms with Gasteiger partial charge in [0.25, 0.3) is 0 Å². The summed E-state index contributed by atoms with van der Waals surface area (Å²) >= 11 is 1.82. The number of rotatable bonds is 5. The van der Waals surface area contributed by atoms with E-state index in [-0.39, 0.29) is 5.60 Å². The van der Waals surface area contributed by atoms with Gasteiger partial charge in [0.1, 0.15) is 10.6 Å². The van der Waals surface area contributed by atoms with Crippen LogP contribution < -0.4 is 5.32 Å². The lowest BCUT2D eigenvalue weighted by Crippen LogP contribution is -2.25. The highest BCUT2D eigenvalue weighted by atomic mass is 32.1. The van der Waals surface area contributed by atoms with Crippen molar-refractivity contribution in [1.82, 2.24) is 10.3 Å². The minimum atomic E-state index is -0.0732. The molecule has 0 saturated heterocycles. The van der Waals surface area contributed by atoms with Crippen LogP contribution in [0.15, 0.2) is 0 Å². The number of hydrogen-bond acceptors (Lipinski definition) is 4. The van der Waals surface area contributed by atoms with E-state index >= 15 is 0 Å². The maximum absolute atomic E-state index is 6.05. The topological polar surface area (TPSA) is 34.1 Å². The molecule has 1 N–H and O–H groups in total. The van der Waals surface area contributed by atoms with Crippen LogP contribution in [0.25, 0.3) is 0 Å². The molecule has 4 heteroatoms. The molecule has 3 nitrogen and oxygen atoms in total. The first-order chi connectivity index (χ1) is 8.22.